The Morgan fingerprint density at radius 2 is 2.10 bits per heavy atom. The van der Waals surface area contributed by atoms with Gasteiger partial charge in [0.15, 0.2) is 17.4 Å². The van der Waals surface area contributed by atoms with Crippen LogP contribution in [0.1, 0.15) is 16.9 Å². The van der Waals surface area contributed by atoms with Crippen LogP contribution in [0.5, 0.6) is 0 Å². The number of aromatic nitrogens is 1. The molecule has 21 heavy (non-hydrogen) atoms. The van der Waals surface area contributed by atoms with E-state index >= 15 is 0 Å². The van der Waals surface area contributed by atoms with Crippen molar-refractivity contribution in [3.8, 4) is 0 Å². The first-order valence-corrected chi connectivity index (χ1v) is 7.01. The van der Waals surface area contributed by atoms with E-state index in [0.29, 0.717) is 18.5 Å². The first-order chi connectivity index (χ1) is 9.97. The van der Waals surface area contributed by atoms with Gasteiger partial charge in [0.05, 0.1) is 16.2 Å². The summed E-state index contributed by atoms with van der Waals surface area (Å²) < 4.78 is 27.2. The second kappa shape index (κ2) is 5.36. The van der Waals surface area contributed by atoms with Gasteiger partial charge in [-0.15, -0.1) is 0 Å². The van der Waals surface area contributed by atoms with E-state index in [2.05, 4.69) is 10.3 Å². The van der Waals surface area contributed by atoms with Gasteiger partial charge in [-0.1, -0.05) is 11.6 Å². The van der Waals surface area contributed by atoms with Crippen molar-refractivity contribution >= 4 is 28.3 Å². The Morgan fingerprint density at radius 3 is 2.76 bits per heavy atom. The van der Waals surface area contributed by atoms with Crippen LogP contribution in [-0.2, 0) is 0 Å². The second-order valence-corrected chi connectivity index (χ2v) is 5.75. The van der Waals surface area contributed by atoms with Gasteiger partial charge in [-0.05, 0) is 24.6 Å². The van der Waals surface area contributed by atoms with Gasteiger partial charge in [-0.2, -0.15) is 0 Å². The highest BCUT2D eigenvalue weighted by atomic mass is 35.5. The molecule has 0 aliphatic carbocycles. The van der Waals surface area contributed by atoms with Crippen LogP contribution in [0.15, 0.2) is 12.1 Å². The van der Waals surface area contributed by atoms with E-state index in [4.69, 9.17) is 17.3 Å². The Labute approximate surface area is 124 Å². The normalized spacial score (nSPS) is 22.1. The molecule has 0 amide bonds. The monoisotopic (exact) mass is 313 g/mol. The molecule has 4 nitrogen and oxygen atoms in total. The molecule has 4 N–H and O–H groups in total. The van der Waals surface area contributed by atoms with Crippen LogP contribution in [-0.4, -0.2) is 29.9 Å². The number of benzene rings is 1. The molecule has 112 valence electrons. The first kappa shape index (κ1) is 14.4. The van der Waals surface area contributed by atoms with E-state index in [9.17, 15) is 13.6 Å². The zero-order valence-electron chi connectivity index (χ0n) is 11.1. The molecule has 1 aliphatic rings. The van der Waals surface area contributed by atoms with E-state index in [1.807, 2.05) is 0 Å². The lowest BCUT2D eigenvalue weighted by atomic mass is 9.97. The maximum atomic E-state index is 13.8. The lowest BCUT2D eigenvalue weighted by Crippen LogP contribution is -2.30. The number of ketones is 1. The molecule has 1 saturated heterocycles. The fourth-order valence-corrected chi connectivity index (χ4v) is 2.86. The number of aromatic amines is 1. The van der Waals surface area contributed by atoms with Gasteiger partial charge in [0.25, 0.3) is 0 Å². The summed E-state index contributed by atoms with van der Waals surface area (Å²) >= 11 is 5.60. The molecule has 0 unspecified atom stereocenters. The van der Waals surface area contributed by atoms with Crippen molar-refractivity contribution in [3.63, 3.8) is 0 Å². The smallest absolute Gasteiger partial charge is 0.184 e. The molecule has 3 rings (SSSR count). The first-order valence-electron chi connectivity index (χ1n) is 6.63. The Bertz CT molecular complexity index is 716. The number of H-pyrrole nitrogens is 1. The third-order valence-corrected chi connectivity index (χ3v) is 4.17. The highest BCUT2D eigenvalue weighted by Gasteiger charge is 2.27. The van der Waals surface area contributed by atoms with Crippen molar-refractivity contribution in [1.82, 2.24) is 10.3 Å². The number of carbonyl (C=O) groups excluding carboxylic acids is 1. The van der Waals surface area contributed by atoms with E-state index in [0.717, 1.165) is 0 Å². The molecule has 0 saturated carbocycles. The van der Waals surface area contributed by atoms with Gasteiger partial charge in [-0.25, -0.2) is 8.78 Å². The average molecular weight is 314 g/mol. The van der Waals surface area contributed by atoms with E-state index in [-0.39, 0.29) is 40.4 Å². The molecule has 1 aliphatic heterocycles. The summed E-state index contributed by atoms with van der Waals surface area (Å²) in [6.45, 7) is 1.36. The van der Waals surface area contributed by atoms with Gasteiger partial charge >= 0.3 is 0 Å². The summed E-state index contributed by atoms with van der Waals surface area (Å²) in [6.07, 6.45) is 0.263. The van der Waals surface area contributed by atoms with Crippen molar-refractivity contribution in [3.05, 3.63) is 34.5 Å². The minimum absolute atomic E-state index is 0.0471. The SMILES string of the molecule is N[C@H]1CNC[C@H]1CC(=O)c1cc2cc(Cl)c(F)c(F)c2[nH]1. The molecule has 2 atom stereocenters. The van der Waals surface area contributed by atoms with Gasteiger partial charge in [0, 0.05) is 24.4 Å². The van der Waals surface area contributed by atoms with Crippen molar-refractivity contribution < 1.29 is 13.6 Å². The van der Waals surface area contributed by atoms with Gasteiger partial charge in [0.2, 0.25) is 0 Å². The molecular formula is C14H14ClF2N3O. The van der Waals surface area contributed by atoms with Crippen LogP contribution < -0.4 is 11.1 Å². The van der Waals surface area contributed by atoms with Gasteiger partial charge < -0.3 is 16.0 Å². The van der Waals surface area contributed by atoms with E-state index < -0.39 is 11.6 Å². The van der Waals surface area contributed by atoms with Crippen molar-refractivity contribution in [1.29, 1.82) is 0 Å². The predicted octanol–water partition coefficient (Wildman–Crippen LogP) is 2.22. The highest BCUT2D eigenvalue weighted by molar-refractivity contribution is 6.31. The largest absolute Gasteiger partial charge is 0.350 e. The van der Waals surface area contributed by atoms with Crippen LogP contribution in [0.2, 0.25) is 5.02 Å². The van der Waals surface area contributed by atoms with Crippen LogP contribution in [0.25, 0.3) is 10.9 Å². The predicted molar refractivity (Wildman–Crippen MR) is 76.5 cm³/mol. The number of rotatable bonds is 3. The fourth-order valence-electron chi connectivity index (χ4n) is 2.66. The van der Waals surface area contributed by atoms with Gasteiger partial charge in [-0.3, -0.25) is 4.79 Å². The Balaban J connectivity index is 1.90. The zero-order chi connectivity index (χ0) is 15.1. The topological polar surface area (TPSA) is 70.9 Å². The standard InChI is InChI=1S/C14H14ClF2N3O/c15-8-1-6-2-10(20-14(6)13(17)12(8)16)11(21)3-7-4-19-5-9(7)18/h1-2,7,9,19-20H,3-5,18H2/t7-,9+/m1/s1. The maximum Gasteiger partial charge on any atom is 0.184 e. The number of halogens is 3. The lowest BCUT2D eigenvalue weighted by Gasteiger charge is -2.11. The minimum Gasteiger partial charge on any atom is -0.350 e. The fraction of sp³-hybridized carbons (Fsp3) is 0.357. The Hall–Kier alpha value is -1.50. The third kappa shape index (κ3) is 2.54. The van der Waals surface area contributed by atoms with E-state index in [1.165, 1.54) is 12.1 Å². The summed E-state index contributed by atoms with van der Waals surface area (Å²) in [5.41, 5.74) is 6.09. The summed E-state index contributed by atoms with van der Waals surface area (Å²) in [7, 11) is 0. The second-order valence-electron chi connectivity index (χ2n) is 5.34. The molecular weight excluding hydrogens is 300 g/mol. The number of nitrogens with one attached hydrogen (secondary N) is 2. The zero-order valence-corrected chi connectivity index (χ0v) is 11.8. The number of Topliss-reactive ketones (excluding diaryl/α,β-unsaturated/α-hetero) is 1. The molecule has 0 spiro atoms. The summed E-state index contributed by atoms with van der Waals surface area (Å²) in [6, 6.07) is 2.72. The van der Waals surface area contributed by atoms with Crippen LogP contribution >= 0.6 is 11.6 Å². The number of carbonyl (C=O) groups is 1. The van der Waals surface area contributed by atoms with E-state index in [1.54, 1.807) is 0 Å². The van der Waals surface area contributed by atoms with Crippen molar-refractivity contribution in [2.75, 3.05) is 13.1 Å². The van der Waals surface area contributed by atoms with Crippen LogP contribution in [0, 0.1) is 17.6 Å². The summed E-state index contributed by atoms with van der Waals surface area (Å²) in [5, 5.41) is 3.18. The Kier molecular flexibility index (Phi) is 3.69. The molecule has 2 heterocycles. The molecule has 7 heteroatoms. The van der Waals surface area contributed by atoms with Crippen molar-refractivity contribution in [2.45, 2.75) is 12.5 Å². The third-order valence-electron chi connectivity index (χ3n) is 3.89. The van der Waals surface area contributed by atoms with Crippen LogP contribution in [0.4, 0.5) is 8.78 Å². The molecule has 0 radical (unpaired) electrons. The summed E-state index contributed by atoms with van der Waals surface area (Å²) in [4.78, 5) is 14.9. The maximum absolute atomic E-state index is 13.8. The van der Waals surface area contributed by atoms with Crippen molar-refractivity contribution in [2.24, 2.45) is 11.7 Å². The quantitative estimate of drug-likeness (QED) is 0.601. The van der Waals surface area contributed by atoms with Gasteiger partial charge in [0.1, 0.15) is 0 Å². The molecule has 0 bridgehead atoms. The minimum atomic E-state index is -1.12. The molecule has 2 aromatic rings. The molecule has 1 aromatic carbocycles. The number of hydrogen-bond donors (Lipinski definition) is 3. The molecule has 1 aromatic heterocycles. The average Bonchev–Trinajstić information content (AvgIpc) is 3.03. The number of fused-ring (bicyclic) bond motifs is 1. The highest BCUT2D eigenvalue weighted by Crippen LogP contribution is 2.28. The number of hydrogen-bond acceptors (Lipinski definition) is 3. The lowest BCUT2D eigenvalue weighted by molar-refractivity contribution is 0.0957. The number of nitrogens with two attached hydrogens (primary N) is 1. The van der Waals surface area contributed by atoms with Crippen LogP contribution in [0.3, 0.4) is 0 Å². The molecule has 1 fully saturated rings. The summed E-state index contributed by atoms with van der Waals surface area (Å²) in [5.74, 6) is -2.32. The Morgan fingerprint density at radius 1 is 1.33 bits per heavy atom.